The first-order chi connectivity index (χ1) is 14.5. The molecule has 9 nitrogen and oxygen atoms in total. The Hall–Kier alpha value is -2.20. The first-order valence-electron chi connectivity index (χ1n) is 10.8. The van der Waals surface area contributed by atoms with Crippen molar-refractivity contribution < 1.29 is 8.42 Å². The van der Waals surface area contributed by atoms with Gasteiger partial charge >= 0.3 is 0 Å². The summed E-state index contributed by atoms with van der Waals surface area (Å²) in [5.41, 5.74) is 0.860. The lowest BCUT2D eigenvalue weighted by Crippen LogP contribution is -2.50. The van der Waals surface area contributed by atoms with Crippen LogP contribution < -0.4 is 10.6 Å². The van der Waals surface area contributed by atoms with E-state index in [2.05, 4.69) is 25.8 Å². The summed E-state index contributed by atoms with van der Waals surface area (Å²) >= 11 is 0. The fourth-order valence-corrected chi connectivity index (χ4v) is 5.21. The van der Waals surface area contributed by atoms with Crippen molar-refractivity contribution in [3.05, 3.63) is 30.2 Å². The molecule has 3 rings (SSSR count). The molecule has 0 aromatic carbocycles. The first-order valence-corrected chi connectivity index (χ1v) is 12.5. The molecule has 2 N–H and O–H groups in total. The van der Waals surface area contributed by atoms with Crippen molar-refractivity contribution >= 4 is 21.6 Å². The third kappa shape index (κ3) is 5.91. The van der Waals surface area contributed by atoms with Crippen LogP contribution in [0.2, 0.25) is 0 Å². The van der Waals surface area contributed by atoms with Crippen molar-refractivity contribution in [3.8, 4) is 0 Å². The second-order valence-electron chi connectivity index (χ2n) is 7.54. The highest BCUT2D eigenvalue weighted by atomic mass is 32.2. The number of rotatable bonds is 9. The van der Waals surface area contributed by atoms with Crippen LogP contribution in [0.5, 0.6) is 0 Å². The van der Waals surface area contributed by atoms with Crippen molar-refractivity contribution in [3.63, 3.8) is 0 Å². The SMILES string of the molecule is CCCS(=O)(=O)N1CCC(NC(=NCCCc2nnc3ccccn23)NCC)CC1. The topological polar surface area (TPSA) is 104 Å². The van der Waals surface area contributed by atoms with Crippen molar-refractivity contribution in [2.24, 2.45) is 4.99 Å². The summed E-state index contributed by atoms with van der Waals surface area (Å²) in [5, 5.41) is 15.2. The van der Waals surface area contributed by atoms with Crippen LogP contribution in [0, 0.1) is 0 Å². The molecule has 0 amide bonds. The van der Waals surface area contributed by atoms with E-state index < -0.39 is 10.0 Å². The standard InChI is InChI=1S/C20H33N7O2S/c1-3-16-30(28,29)26-14-10-17(11-15-26)23-20(21-4-2)22-12-7-9-19-25-24-18-8-5-6-13-27(18)19/h5-6,8,13,17H,3-4,7,9-12,14-16H2,1-2H3,(H2,21,22,23). The average Bonchev–Trinajstić information content (AvgIpc) is 3.15. The van der Waals surface area contributed by atoms with Crippen LogP contribution in [-0.4, -0.2) is 71.3 Å². The van der Waals surface area contributed by atoms with Crippen molar-refractivity contribution in [2.75, 3.05) is 31.9 Å². The van der Waals surface area contributed by atoms with Gasteiger partial charge in [-0.05, 0) is 44.7 Å². The molecular weight excluding hydrogens is 402 g/mol. The number of guanidine groups is 1. The minimum absolute atomic E-state index is 0.233. The van der Waals surface area contributed by atoms with Crippen LogP contribution in [0.15, 0.2) is 29.4 Å². The number of piperidine rings is 1. The Kier molecular flexibility index (Phi) is 8.03. The van der Waals surface area contributed by atoms with E-state index in [4.69, 9.17) is 0 Å². The Morgan fingerprint density at radius 2 is 2.03 bits per heavy atom. The summed E-state index contributed by atoms with van der Waals surface area (Å²) in [4.78, 5) is 4.69. The van der Waals surface area contributed by atoms with E-state index in [-0.39, 0.29) is 11.8 Å². The van der Waals surface area contributed by atoms with Gasteiger partial charge in [0.25, 0.3) is 0 Å². The maximum absolute atomic E-state index is 12.2. The number of sulfonamides is 1. The van der Waals surface area contributed by atoms with E-state index in [0.717, 1.165) is 49.7 Å². The van der Waals surface area contributed by atoms with Gasteiger partial charge in [-0.25, -0.2) is 12.7 Å². The summed E-state index contributed by atoms with van der Waals surface area (Å²) in [5.74, 6) is 1.97. The molecule has 1 fully saturated rings. The van der Waals surface area contributed by atoms with E-state index in [0.29, 0.717) is 26.1 Å². The van der Waals surface area contributed by atoms with E-state index in [1.165, 1.54) is 0 Å². The Morgan fingerprint density at radius 1 is 1.23 bits per heavy atom. The molecule has 0 aliphatic carbocycles. The zero-order valence-corrected chi connectivity index (χ0v) is 18.7. The molecule has 0 bridgehead atoms. The molecule has 0 atom stereocenters. The molecule has 0 unspecified atom stereocenters. The Labute approximate surface area is 179 Å². The fraction of sp³-hybridized carbons (Fsp3) is 0.650. The second kappa shape index (κ2) is 10.7. The molecule has 0 radical (unpaired) electrons. The number of aliphatic imine (C=N–C) groups is 1. The van der Waals surface area contributed by atoms with Crippen LogP contribution >= 0.6 is 0 Å². The molecule has 2 aromatic heterocycles. The van der Waals surface area contributed by atoms with E-state index in [9.17, 15) is 8.42 Å². The number of aromatic nitrogens is 3. The fourth-order valence-electron chi connectivity index (χ4n) is 3.67. The van der Waals surface area contributed by atoms with Crippen LogP contribution in [0.1, 0.15) is 45.4 Å². The van der Waals surface area contributed by atoms with Gasteiger partial charge in [-0.3, -0.25) is 9.39 Å². The van der Waals surface area contributed by atoms with Gasteiger partial charge in [0.15, 0.2) is 11.6 Å². The third-order valence-electron chi connectivity index (χ3n) is 5.21. The number of pyridine rings is 1. The number of fused-ring (bicyclic) bond motifs is 1. The number of nitrogens with zero attached hydrogens (tertiary/aromatic N) is 5. The zero-order valence-electron chi connectivity index (χ0n) is 17.9. The maximum Gasteiger partial charge on any atom is 0.214 e. The molecule has 3 heterocycles. The van der Waals surface area contributed by atoms with E-state index >= 15 is 0 Å². The van der Waals surface area contributed by atoms with Gasteiger partial charge in [0.05, 0.1) is 5.75 Å². The highest BCUT2D eigenvalue weighted by molar-refractivity contribution is 7.89. The van der Waals surface area contributed by atoms with E-state index in [1.54, 1.807) is 4.31 Å². The zero-order chi connectivity index (χ0) is 21.4. The predicted octanol–water partition coefficient (Wildman–Crippen LogP) is 1.42. The lowest BCUT2D eigenvalue weighted by molar-refractivity contribution is 0.306. The lowest BCUT2D eigenvalue weighted by atomic mass is 10.1. The molecule has 10 heteroatoms. The van der Waals surface area contributed by atoms with Crippen LogP contribution in [0.4, 0.5) is 0 Å². The summed E-state index contributed by atoms with van der Waals surface area (Å²) in [7, 11) is -3.10. The van der Waals surface area contributed by atoms with Gasteiger partial charge in [-0.15, -0.1) is 10.2 Å². The van der Waals surface area contributed by atoms with Crippen molar-refractivity contribution in [1.29, 1.82) is 0 Å². The number of hydrogen-bond acceptors (Lipinski definition) is 5. The highest BCUT2D eigenvalue weighted by Gasteiger charge is 2.27. The normalized spacial score (nSPS) is 16.8. The molecule has 0 spiro atoms. The maximum atomic E-state index is 12.2. The molecule has 30 heavy (non-hydrogen) atoms. The Bertz CT molecular complexity index is 934. The van der Waals surface area contributed by atoms with Gasteiger partial charge in [0.2, 0.25) is 10.0 Å². The number of aryl methyl sites for hydroxylation is 1. The largest absolute Gasteiger partial charge is 0.357 e. The molecular formula is C20H33N7O2S. The number of nitrogens with one attached hydrogen (secondary N) is 2. The van der Waals surface area contributed by atoms with Crippen LogP contribution in [-0.2, 0) is 16.4 Å². The van der Waals surface area contributed by atoms with Gasteiger partial charge in [0, 0.05) is 44.8 Å². The Morgan fingerprint density at radius 3 is 2.77 bits per heavy atom. The number of hydrogen-bond donors (Lipinski definition) is 2. The van der Waals surface area contributed by atoms with Crippen molar-refractivity contribution in [2.45, 2.75) is 52.0 Å². The summed E-state index contributed by atoms with van der Waals surface area (Å²) in [6.07, 6.45) is 5.90. The van der Waals surface area contributed by atoms with Crippen LogP contribution in [0.25, 0.3) is 5.65 Å². The summed E-state index contributed by atoms with van der Waals surface area (Å²) in [6.45, 7) is 6.54. The van der Waals surface area contributed by atoms with E-state index in [1.807, 2.05) is 42.6 Å². The average molecular weight is 436 g/mol. The van der Waals surface area contributed by atoms with Gasteiger partial charge in [0.1, 0.15) is 5.82 Å². The molecule has 0 saturated carbocycles. The smallest absolute Gasteiger partial charge is 0.214 e. The lowest BCUT2D eigenvalue weighted by Gasteiger charge is -2.32. The predicted molar refractivity (Wildman–Crippen MR) is 119 cm³/mol. The summed E-state index contributed by atoms with van der Waals surface area (Å²) in [6, 6.07) is 6.11. The highest BCUT2D eigenvalue weighted by Crippen LogP contribution is 2.15. The molecule has 1 saturated heterocycles. The Balaban J connectivity index is 1.48. The molecule has 1 aliphatic heterocycles. The van der Waals surface area contributed by atoms with Crippen molar-refractivity contribution in [1.82, 2.24) is 29.5 Å². The first kappa shape index (κ1) is 22.5. The molecule has 166 valence electrons. The second-order valence-corrected chi connectivity index (χ2v) is 9.63. The van der Waals surface area contributed by atoms with Gasteiger partial charge < -0.3 is 10.6 Å². The summed E-state index contributed by atoms with van der Waals surface area (Å²) < 4.78 is 28.1. The monoisotopic (exact) mass is 435 g/mol. The molecule has 2 aromatic rings. The third-order valence-corrected chi connectivity index (χ3v) is 7.28. The quantitative estimate of drug-likeness (QED) is 0.351. The van der Waals surface area contributed by atoms with Gasteiger partial charge in [-0.2, -0.15) is 0 Å². The molecule has 1 aliphatic rings. The minimum atomic E-state index is -3.10. The minimum Gasteiger partial charge on any atom is -0.357 e. The van der Waals surface area contributed by atoms with Gasteiger partial charge in [-0.1, -0.05) is 13.0 Å². The van der Waals surface area contributed by atoms with Crippen LogP contribution in [0.3, 0.4) is 0 Å².